The molecule has 1 unspecified atom stereocenters. The lowest BCUT2D eigenvalue weighted by Crippen LogP contribution is -2.23. The Morgan fingerprint density at radius 1 is 1.40 bits per heavy atom. The van der Waals surface area contributed by atoms with Gasteiger partial charge in [0.25, 0.3) is 0 Å². The maximum Gasteiger partial charge on any atom is 0.327 e. The van der Waals surface area contributed by atoms with Crippen molar-refractivity contribution in [1.29, 1.82) is 0 Å². The largest absolute Gasteiger partial charge is 0.468 e. The summed E-state index contributed by atoms with van der Waals surface area (Å²) in [6, 6.07) is 6.64. The molecule has 0 aromatic heterocycles. The molecule has 0 spiro atoms. The molecule has 0 aliphatic rings. The number of benzene rings is 1. The SMILES string of the molecule is COCc1ccccc1C(N)C(=O)OC. The van der Waals surface area contributed by atoms with Gasteiger partial charge < -0.3 is 15.2 Å². The van der Waals surface area contributed by atoms with Gasteiger partial charge in [-0.3, -0.25) is 4.79 Å². The van der Waals surface area contributed by atoms with Crippen molar-refractivity contribution in [3.8, 4) is 0 Å². The van der Waals surface area contributed by atoms with Crippen LogP contribution in [0.3, 0.4) is 0 Å². The highest BCUT2D eigenvalue weighted by atomic mass is 16.5. The molecule has 0 bridgehead atoms. The fraction of sp³-hybridized carbons (Fsp3) is 0.364. The second kappa shape index (κ2) is 5.48. The summed E-state index contributed by atoms with van der Waals surface area (Å²) in [4.78, 5) is 11.3. The summed E-state index contributed by atoms with van der Waals surface area (Å²) in [6.07, 6.45) is 0. The third-order valence-corrected chi connectivity index (χ3v) is 2.15. The van der Waals surface area contributed by atoms with Crippen LogP contribution in [0, 0.1) is 0 Å². The standard InChI is InChI=1S/C11H15NO3/c1-14-7-8-5-3-4-6-9(8)10(12)11(13)15-2/h3-6,10H,7,12H2,1-2H3. The van der Waals surface area contributed by atoms with Crippen LogP contribution in [0.25, 0.3) is 0 Å². The number of nitrogens with two attached hydrogens (primary N) is 1. The molecule has 0 aliphatic carbocycles. The van der Waals surface area contributed by atoms with E-state index in [0.29, 0.717) is 6.61 Å². The molecule has 0 radical (unpaired) electrons. The summed E-state index contributed by atoms with van der Waals surface area (Å²) >= 11 is 0. The van der Waals surface area contributed by atoms with E-state index in [2.05, 4.69) is 4.74 Å². The van der Waals surface area contributed by atoms with E-state index >= 15 is 0 Å². The van der Waals surface area contributed by atoms with Gasteiger partial charge in [-0.05, 0) is 11.1 Å². The first-order valence-electron chi connectivity index (χ1n) is 4.61. The van der Waals surface area contributed by atoms with E-state index in [0.717, 1.165) is 11.1 Å². The van der Waals surface area contributed by atoms with Crippen LogP contribution in [0.1, 0.15) is 17.2 Å². The van der Waals surface area contributed by atoms with Gasteiger partial charge in [-0.25, -0.2) is 0 Å². The van der Waals surface area contributed by atoms with Crippen molar-refractivity contribution >= 4 is 5.97 Å². The minimum absolute atomic E-state index is 0.431. The average molecular weight is 209 g/mol. The Labute approximate surface area is 89.0 Å². The number of hydrogen-bond donors (Lipinski definition) is 1. The number of carbonyl (C=O) groups is 1. The van der Waals surface area contributed by atoms with Crippen LogP contribution in [0.5, 0.6) is 0 Å². The molecule has 1 aromatic rings. The van der Waals surface area contributed by atoms with Crippen molar-refractivity contribution in [2.45, 2.75) is 12.6 Å². The number of hydrogen-bond acceptors (Lipinski definition) is 4. The number of carbonyl (C=O) groups excluding carboxylic acids is 1. The fourth-order valence-corrected chi connectivity index (χ4v) is 1.38. The van der Waals surface area contributed by atoms with Crippen molar-refractivity contribution in [2.24, 2.45) is 5.73 Å². The summed E-state index contributed by atoms with van der Waals surface area (Å²) in [5, 5.41) is 0. The minimum Gasteiger partial charge on any atom is -0.468 e. The maximum atomic E-state index is 11.3. The van der Waals surface area contributed by atoms with Crippen LogP contribution in [-0.2, 0) is 20.9 Å². The van der Waals surface area contributed by atoms with E-state index in [1.165, 1.54) is 7.11 Å². The van der Waals surface area contributed by atoms with Crippen molar-refractivity contribution in [3.63, 3.8) is 0 Å². The van der Waals surface area contributed by atoms with Gasteiger partial charge in [-0.1, -0.05) is 24.3 Å². The van der Waals surface area contributed by atoms with Crippen LogP contribution in [-0.4, -0.2) is 20.2 Å². The quantitative estimate of drug-likeness (QED) is 0.752. The lowest BCUT2D eigenvalue weighted by atomic mass is 10.0. The zero-order valence-electron chi connectivity index (χ0n) is 8.90. The summed E-state index contributed by atoms with van der Waals surface area (Å²) in [6.45, 7) is 0.431. The van der Waals surface area contributed by atoms with Gasteiger partial charge in [-0.2, -0.15) is 0 Å². The van der Waals surface area contributed by atoms with Crippen LogP contribution in [0.15, 0.2) is 24.3 Å². The maximum absolute atomic E-state index is 11.3. The second-order valence-corrected chi connectivity index (χ2v) is 3.13. The summed E-state index contributed by atoms with van der Waals surface area (Å²) in [5.74, 6) is -0.446. The van der Waals surface area contributed by atoms with Gasteiger partial charge in [0.2, 0.25) is 0 Å². The summed E-state index contributed by atoms with van der Waals surface area (Å²) < 4.78 is 9.62. The van der Waals surface area contributed by atoms with E-state index < -0.39 is 12.0 Å². The van der Waals surface area contributed by atoms with Gasteiger partial charge in [0, 0.05) is 7.11 Å². The van der Waals surface area contributed by atoms with Crippen LogP contribution < -0.4 is 5.73 Å². The Kier molecular flexibility index (Phi) is 4.27. The number of ether oxygens (including phenoxy) is 2. The molecule has 0 saturated carbocycles. The van der Waals surface area contributed by atoms with E-state index in [9.17, 15) is 4.79 Å². The Hall–Kier alpha value is -1.39. The molecule has 0 saturated heterocycles. The van der Waals surface area contributed by atoms with Gasteiger partial charge in [-0.15, -0.1) is 0 Å². The molecule has 4 heteroatoms. The zero-order chi connectivity index (χ0) is 11.3. The minimum atomic E-state index is -0.749. The predicted octanol–water partition coefficient (Wildman–Crippen LogP) is 1.01. The van der Waals surface area contributed by atoms with Crippen LogP contribution >= 0.6 is 0 Å². The molecule has 4 nitrogen and oxygen atoms in total. The molecule has 0 aliphatic heterocycles. The first kappa shape index (κ1) is 11.7. The fourth-order valence-electron chi connectivity index (χ4n) is 1.38. The highest BCUT2D eigenvalue weighted by Gasteiger charge is 2.18. The Morgan fingerprint density at radius 3 is 2.67 bits per heavy atom. The topological polar surface area (TPSA) is 61.5 Å². The Bertz CT molecular complexity index is 338. The van der Waals surface area contributed by atoms with E-state index in [1.54, 1.807) is 13.2 Å². The molecule has 0 amide bonds. The van der Waals surface area contributed by atoms with Gasteiger partial charge in [0.05, 0.1) is 13.7 Å². The molecular weight excluding hydrogens is 194 g/mol. The van der Waals surface area contributed by atoms with E-state index in [4.69, 9.17) is 10.5 Å². The summed E-state index contributed by atoms with van der Waals surface area (Å²) in [7, 11) is 2.92. The lowest BCUT2D eigenvalue weighted by Gasteiger charge is -2.13. The van der Waals surface area contributed by atoms with Crippen molar-refractivity contribution in [2.75, 3.05) is 14.2 Å². The average Bonchev–Trinajstić information content (AvgIpc) is 2.28. The zero-order valence-corrected chi connectivity index (χ0v) is 8.90. The third-order valence-electron chi connectivity index (χ3n) is 2.15. The number of rotatable bonds is 4. The second-order valence-electron chi connectivity index (χ2n) is 3.13. The number of methoxy groups -OCH3 is 2. The van der Waals surface area contributed by atoms with Crippen LogP contribution in [0.2, 0.25) is 0 Å². The molecule has 15 heavy (non-hydrogen) atoms. The first-order valence-corrected chi connectivity index (χ1v) is 4.61. The smallest absolute Gasteiger partial charge is 0.327 e. The molecule has 2 N–H and O–H groups in total. The normalized spacial score (nSPS) is 12.2. The monoisotopic (exact) mass is 209 g/mol. The predicted molar refractivity (Wildman–Crippen MR) is 56.1 cm³/mol. The van der Waals surface area contributed by atoms with Crippen molar-refractivity contribution in [1.82, 2.24) is 0 Å². The van der Waals surface area contributed by atoms with E-state index in [-0.39, 0.29) is 0 Å². The molecular formula is C11H15NO3. The van der Waals surface area contributed by atoms with Gasteiger partial charge in [0.15, 0.2) is 0 Å². The molecule has 1 aromatic carbocycles. The van der Waals surface area contributed by atoms with Crippen molar-refractivity contribution < 1.29 is 14.3 Å². The van der Waals surface area contributed by atoms with E-state index in [1.807, 2.05) is 18.2 Å². The Morgan fingerprint density at radius 2 is 2.07 bits per heavy atom. The number of esters is 1. The van der Waals surface area contributed by atoms with Crippen LogP contribution in [0.4, 0.5) is 0 Å². The highest BCUT2D eigenvalue weighted by molar-refractivity contribution is 5.77. The summed E-state index contributed by atoms with van der Waals surface area (Å²) in [5.41, 5.74) is 7.39. The molecule has 0 fully saturated rings. The van der Waals surface area contributed by atoms with Gasteiger partial charge >= 0.3 is 5.97 Å². The van der Waals surface area contributed by atoms with Crippen molar-refractivity contribution in [3.05, 3.63) is 35.4 Å². The highest BCUT2D eigenvalue weighted by Crippen LogP contribution is 2.17. The Balaban J connectivity index is 2.96. The molecule has 82 valence electrons. The lowest BCUT2D eigenvalue weighted by molar-refractivity contribution is -0.142. The van der Waals surface area contributed by atoms with Gasteiger partial charge in [0.1, 0.15) is 6.04 Å². The third kappa shape index (κ3) is 2.78. The molecule has 1 atom stereocenters. The molecule has 1 rings (SSSR count). The molecule has 0 heterocycles. The first-order chi connectivity index (χ1) is 7.20.